The number of nitrogens with two attached hydrogens (primary N) is 1. The summed E-state index contributed by atoms with van der Waals surface area (Å²) < 4.78 is 0. The Bertz CT molecular complexity index is 1640. The summed E-state index contributed by atoms with van der Waals surface area (Å²) in [5.41, 5.74) is 8.17. The quantitative estimate of drug-likeness (QED) is 0.166. The van der Waals surface area contributed by atoms with Gasteiger partial charge in [0.25, 0.3) is 0 Å². The molecule has 0 radical (unpaired) electrons. The second-order valence-corrected chi connectivity index (χ2v) is 13.5. The van der Waals surface area contributed by atoms with Crippen molar-refractivity contribution in [2.75, 3.05) is 0 Å². The fraction of sp³-hybridized carbons (Fsp3) is 0.471. The van der Waals surface area contributed by atoms with Crippen molar-refractivity contribution in [3.63, 3.8) is 0 Å². The number of fused-ring (bicyclic) bond motifs is 3. The Labute approximate surface area is 279 Å². The number of aryl methyl sites for hydroxylation is 2. The second-order valence-electron chi connectivity index (χ2n) is 12.6. The van der Waals surface area contributed by atoms with E-state index in [9.17, 15) is 24.3 Å². The number of hydrogen-bond acceptors (Lipinski definition) is 4. The highest BCUT2D eigenvalue weighted by Gasteiger charge is 2.47. The fourth-order valence-corrected chi connectivity index (χ4v) is 6.91. The third-order valence-electron chi connectivity index (χ3n) is 9.37. The molecule has 0 saturated heterocycles. The molecule has 1 heterocycles. The van der Waals surface area contributed by atoms with Crippen molar-refractivity contribution in [3.8, 4) is 0 Å². The molecular weight excluding hydrogens is 629 g/mol. The molecule has 2 aromatic carbocycles. The molecule has 1 aliphatic carbocycles. The summed E-state index contributed by atoms with van der Waals surface area (Å²) in [5, 5.41) is 17.8. The van der Waals surface area contributed by atoms with E-state index in [0.29, 0.717) is 34.8 Å². The first-order valence-corrected chi connectivity index (χ1v) is 16.4. The van der Waals surface area contributed by atoms with Gasteiger partial charge in [-0.3, -0.25) is 19.3 Å². The number of carbonyl (C=O) groups is 4. The van der Waals surface area contributed by atoms with Gasteiger partial charge in [-0.05, 0) is 54.9 Å². The van der Waals surface area contributed by atoms with Crippen LogP contribution in [0, 0.1) is 18.8 Å². The van der Waals surface area contributed by atoms with Crippen LogP contribution in [0.15, 0.2) is 36.4 Å². The summed E-state index contributed by atoms with van der Waals surface area (Å²) >= 11 is 12.9. The van der Waals surface area contributed by atoms with Gasteiger partial charge in [-0.25, -0.2) is 4.79 Å². The number of aromatic amines is 1. The van der Waals surface area contributed by atoms with Crippen LogP contribution in [0.2, 0.25) is 10.0 Å². The number of carbonyl (C=O) groups excluding carboxylic acids is 3. The van der Waals surface area contributed by atoms with Crippen LogP contribution >= 0.6 is 23.2 Å². The number of amides is 4. The van der Waals surface area contributed by atoms with Crippen molar-refractivity contribution in [1.29, 1.82) is 0 Å². The number of aromatic nitrogens is 1. The molecule has 46 heavy (non-hydrogen) atoms. The molecule has 0 fully saturated rings. The third kappa shape index (κ3) is 7.28. The van der Waals surface area contributed by atoms with Gasteiger partial charge in [0.15, 0.2) is 0 Å². The van der Waals surface area contributed by atoms with Crippen LogP contribution in [0.3, 0.4) is 0 Å². The number of halogens is 2. The molecular formula is C34H43Cl2N5O5. The van der Waals surface area contributed by atoms with Crippen molar-refractivity contribution in [2.45, 2.75) is 90.9 Å². The van der Waals surface area contributed by atoms with Gasteiger partial charge in [-0.2, -0.15) is 0 Å². The average molecular weight is 673 g/mol. The highest BCUT2D eigenvalue weighted by Crippen LogP contribution is 2.38. The van der Waals surface area contributed by atoms with Gasteiger partial charge >= 0.3 is 6.09 Å². The largest absolute Gasteiger partial charge is 0.465 e. The molecule has 6 N–H and O–H groups in total. The smallest absolute Gasteiger partial charge is 0.408 e. The van der Waals surface area contributed by atoms with Crippen LogP contribution in [0.1, 0.15) is 69.3 Å². The summed E-state index contributed by atoms with van der Waals surface area (Å²) in [6.07, 6.45) is 0.449. The van der Waals surface area contributed by atoms with Crippen LogP contribution in [-0.2, 0) is 33.8 Å². The number of nitrogens with one attached hydrogen (secondary N) is 3. The zero-order valence-electron chi connectivity index (χ0n) is 26.9. The predicted octanol–water partition coefficient (Wildman–Crippen LogP) is 5.74. The van der Waals surface area contributed by atoms with E-state index in [2.05, 4.69) is 15.6 Å². The van der Waals surface area contributed by atoms with Crippen molar-refractivity contribution < 1.29 is 24.3 Å². The highest BCUT2D eigenvalue weighted by atomic mass is 35.5. The van der Waals surface area contributed by atoms with Crippen molar-refractivity contribution in [3.05, 3.63) is 68.8 Å². The molecule has 3 aromatic rings. The van der Waals surface area contributed by atoms with Gasteiger partial charge in [0.1, 0.15) is 17.6 Å². The lowest BCUT2D eigenvalue weighted by molar-refractivity contribution is -0.139. The van der Waals surface area contributed by atoms with Crippen molar-refractivity contribution >= 4 is 57.9 Å². The standard InChI is InChI=1S/C34H43Cl2N5O5/c1-6-19(4)27(30(37)42)39-32(44)34(12-11-26-24(16-34)23-14-22(35)15-25(36)28(23)38-26)40-31(43)29(20(5)7-2)41(33(45)46)17-21-10-8-9-18(3)13-21/h8-10,13-15,19-20,27,29,38H,6-7,11-12,16-17H2,1-5H3,(H2,37,42)(H,39,44)(H,40,43)(H,45,46)/t19-,20-,27?,29?,34+/m0/s1. The van der Waals surface area contributed by atoms with E-state index < -0.39 is 41.4 Å². The number of benzene rings is 2. The maximum Gasteiger partial charge on any atom is 0.408 e. The van der Waals surface area contributed by atoms with Gasteiger partial charge in [0.2, 0.25) is 17.7 Å². The normalized spacial score (nSPS) is 18.6. The lowest BCUT2D eigenvalue weighted by atomic mass is 9.78. The molecule has 4 amide bonds. The number of hydrogen-bond donors (Lipinski definition) is 5. The molecule has 1 aliphatic rings. The van der Waals surface area contributed by atoms with Crippen LogP contribution in [0.25, 0.3) is 10.9 Å². The van der Waals surface area contributed by atoms with Gasteiger partial charge in [-0.15, -0.1) is 0 Å². The minimum atomic E-state index is -1.53. The van der Waals surface area contributed by atoms with E-state index >= 15 is 0 Å². The van der Waals surface area contributed by atoms with Gasteiger partial charge < -0.3 is 26.5 Å². The molecule has 1 aromatic heterocycles. The first-order chi connectivity index (χ1) is 21.7. The monoisotopic (exact) mass is 671 g/mol. The number of primary amides is 1. The molecule has 0 saturated carbocycles. The topological polar surface area (TPSA) is 158 Å². The molecule has 5 atom stereocenters. The Morgan fingerprint density at radius 1 is 1.09 bits per heavy atom. The Morgan fingerprint density at radius 2 is 1.78 bits per heavy atom. The molecule has 4 rings (SSSR count). The number of H-pyrrole nitrogens is 1. The third-order valence-corrected chi connectivity index (χ3v) is 9.89. The summed E-state index contributed by atoms with van der Waals surface area (Å²) in [5.74, 6) is -2.49. The Balaban J connectivity index is 1.79. The number of nitrogens with zero attached hydrogens (tertiary/aromatic N) is 1. The summed E-state index contributed by atoms with van der Waals surface area (Å²) in [4.78, 5) is 58.4. The first kappa shape index (κ1) is 35.1. The fourth-order valence-electron chi connectivity index (χ4n) is 6.37. The average Bonchev–Trinajstić information content (AvgIpc) is 3.36. The Kier molecular flexibility index (Phi) is 10.9. The minimum absolute atomic E-state index is 0.0139. The summed E-state index contributed by atoms with van der Waals surface area (Å²) in [6.45, 7) is 9.31. The predicted molar refractivity (Wildman–Crippen MR) is 180 cm³/mol. The van der Waals surface area contributed by atoms with Crippen LogP contribution in [0.5, 0.6) is 0 Å². The highest BCUT2D eigenvalue weighted by molar-refractivity contribution is 6.38. The molecule has 10 nitrogen and oxygen atoms in total. The minimum Gasteiger partial charge on any atom is -0.465 e. The van der Waals surface area contributed by atoms with E-state index in [1.807, 2.05) is 58.9 Å². The number of carboxylic acid groups (broad SMARTS) is 1. The van der Waals surface area contributed by atoms with E-state index in [1.54, 1.807) is 12.1 Å². The van der Waals surface area contributed by atoms with Crippen molar-refractivity contribution in [1.82, 2.24) is 20.5 Å². The number of rotatable bonds is 12. The SMILES string of the molecule is CC[C@H](C)C(NC(=O)[C@@]1(NC(=O)C([C@@H](C)CC)N(Cc2cccc(C)c2)C(=O)O)CCc2[nH]c3c(Cl)cc(Cl)cc3c2C1)C(N)=O. The van der Waals surface area contributed by atoms with Gasteiger partial charge in [0, 0.05) is 29.1 Å². The first-order valence-electron chi connectivity index (χ1n) is 15.7. The van der Waals surface area contributed by atoms with E-state index in [1.165, 1.54) is 0 Å². The van der Waals surface area contributed by atoms with E-state index in [-0.39, 0.29) is 31.2 Å². The molecule has 12 heteroatoms. The Hall–Kier alpha value is -3.76. The lowest BCUT2D eigenvalue weighted by Gasteiger charge is -2.41. The van der Waals surface area contributed by atoms with Crippen LogP contribution in [0.4, 0.5) is 4.79 Å². The van der Waals surface area contributed by atoms with E-state index in [0.717, 1.165) is 32.7 Å². The van der Waals surface area contributed by atoms with E-state index in [4.69, 9.17) is 28.9 Å². The van der Waals surface area contributed by atoms with Crippen molar-refractivity contribution in [2.24, 2.45) is 17.6 Å². The van der Waals surface area contributed by atoms with Crippen LogP contribution < -0.4 is 16.4 Å². The lowest BCUT2D eigenvalue weighted by Crippen LogP contribution is -2.67. The second kappa shape index (κ2) is 14.3. The van der Waals surface area contributed by atoms with Gasteiger partial charge in [0.05, 0.1) is 10.5 Å². The molecule has 0 bridgehead atoms. The maximum atomic E-state index is 14.4. The molecule has 0 aliphatic heterocycles. The molecule has 2 unspecified atom stereocenters. The summed E-state index contributed by atoms with van der Waals surface area (Å²) in [7, 11) is 0. The zero-order chi connectivity index (χ0) is 33.9. The van der Waals surface area contributed by atoms with Gasteiger partial charge in [-0.1, -0.05) is 93.6 Å². The zero-order valence-corrected chi connectivity index (χ0v) is 28.4. The van der Waals surface area contributed by atoms with Crippen LogP contribution in [-0.4, -0.2) is 56.4 Å². The molecule has 248 valence electrons. The Morgan fingerprint density at radius 3 is 2.39 bits per heavy atom. The maximum absolute atomic E-state index is 14.4. The summed E-state index contributed by atoms with van der Waals surface area (Å²) in [6, 6.07) is 8.76. The molecule has 0 spiro atoms.